The number of ether oxygens (including phenoxy) is 2. The van der Waals surface area contributed by atoms with Crippen LogP contribution in [-0.4, -0.2) is 39.8 Å². The zero-order valence-corrected chi connectivity index (χ0v) is 13.9. The maximum Gasteiger partial charge on any atom is 0.278 e. The van der Waals surface area contributed by atoms with E-state index in [4.69, 9.17) is 9.47 Å². The Morgan fingerprint density at radius 1 is 1.29 bits per heavy atom. The third-order valence-electron chi connectivity index (χ3n) is 3.79. The topological polar surface area (TPSA) is 52.0 Å². The molecule has 0 saturated heterocycles. The molecule has 0 radical (unpaired) electrons. The van der Waals surface area contributed by atoms with E-state index in [1.807, 2.05) is 40.0 Å². The number of quaternary nitrogens is 1. The van der Waals surface area contributed by atoms with Crippen LogP contribution in [0, 0.1) is 6.92 Å². The fraction of sp³-hybridized carbons (Fsp3) is 0.562. The van der Waals surface area contributed by atoms with Crippen LogP contribution >= 0.6 is 0 Å². The Balaban J connectivity index is 2.89. The number of carbonyl (C=O) groups is 1. The average molecular weight is 295 g/mol. The Morgan fingerprint density at radius 3 is 2.38 bits per heavy atom. The van der Waals surface area contributed by atoms with Gasteiger partial charge >= 0.3 is 0 Å². The number of likely N-dealkylation sites (N-methyl/N-ethyl adjacent to an activating group) is 2. The van der Waals surface area contributed by atoms with Crippen LogP contribution in [0.4, 0.5) is 0 Å². The van der Waals surface area contributed by atoms with Gasteiger partial charge in [-0.1, -0.05) is 0 Å². The van der Waals surface area contributed by atoms with Gasteiger partial charge < -0.3 is 19.7 Å². The second-order valence-corrected chi connectivity index (χ2v) is 5.27. The molecule has 0 aliphatic rings. The van der Waals surface area contributed by atoms with Crippen molar-refractivity contribution in [1.82, 2.24) is 5.32 Å². The van der Waals surface area contributed by atoms with Gasteiger partial charge in [0.05, 0.1) is 21.3 Å². The minimum atomic E-state index is -0.0996. The zero-order chi connectivity index (χ0) is 16.0. The molecule has 0 fully saturated rings. The largest absolute Gasteiger partial charge is 0.493 e. The maximum atomic E-state index is 11.9. The number of nitrogens with one attached hydrogen (secondary N) is 2. The Hall–Kier alpha value is -1.75. The average Bonchev–Trinajstić information content (AvgIpc) is 2.48. The number of rotatable bonds is 7. The molecule has 2 N–H and O–H groups in total. The highest BCUT2D eigenvalue weighted by Gasteiger charge is 2.22. The van der Waals surface area contributed by atoms with Crippen LogP contribution in [0.25, 0.3) is 0 Å². The van der Waals surface area contributed by atoms with Crippen molar-refractivity contribution in [2.24, 2.45) is 0 Å². The van der Waals surface area contributed by atoms with Crippen LogP contribution < -0.4 is 19.7 Å². The van der Waals surface area contributed by atoms with Crippen molar-refractivity contribution in [1.29, 1.82) is 0 Å². The first-order chi connectivity index (χ1) is 9.94. The quantitative estimate of drug-likeness (QED) is 0.772. The van der Waals surface area contributed by atoms with Gasteiger partial charge in [-0.25, -0.2) is 0 Å². The molecular weight excluding hydrogens is 268 g/mol. The summed E-state index contributed by atoms with van der Waals surface area (Å²) < 4.78 is 10.6. The summed E-state index contributed by atoms with van der Waals surface area (Å²) in [7, 11) is 5.28. The third kappa shape index (κ3) is 4.36. The number of benzene rings is 1. The minimum Gasteiger partial charge on any atom is -0.493 e. The Labute approximate surface area is 127 Å². The molecule has 5 heteroatoms. The van der Waals surface area contributed by atoms with Gasteiger partial charge in [0.1, 0.15) is 6.54 Å². The molecule has 0 spiro atoms. The van der Waals surface area contributed by atoms with Crippen molar-refractivity contribution >= 4 is 5.91 Å². The molecule has 118 valence electrons. The molecule has 1 aromatic carbocycles. The van der Waals surface area contributed by atoms with Crippen molar-refractivity contribution in [3.05, 3.63) is 23.3 Å². The van der Waals surface area contributed by atoms with Crippen LogP contribution in [-0.2, 0) is 11.3 Å². The van der Waals surface area contributed by atoms with E-state index in [1.54, 1.807) is 14.2 Å². The molecule has 1 amide bonds. The SMILES string of the molecule is CCNC(=O)[C@H](C)[NH+](C)Cc1cc(OC)c(OC)cc1C. The summed E-state index contributed by atoms with van der Waals surface area (Å²) in [6.07, 6.45) is 0. The Bertz CT molecular complexity index is 489. The normalized spacial score (nSPS) is 13.4. The maximum absolute atomic E-state index is 11.9. The molecule has 1 rings (SSSR count). The summed E-state index contributed by atoms with van der Waals surface area (Å²) in [4.78, 5) is 13.0. The van der Waals surface area contributed by atoms with E-state index in [0.717, 1.165) is 34.1 Å². The fourth-order valence-corrected chi connectivity index (χ4v) is 2.22. The molecule has 0 aromatic heterocycles. The molecule has 21 heavy (non-hydrogen) atoms. The molecule has 0 heterocycles. The summed E-state index contributed by atoms with van der Waals surface area (Å²) in [5.41, 5.74) is 2.29. The zero-order valence-electron chi connectivity index (χ0n) is 13.9. The monoisotopic (exact) mass is 295 g/mol. The number of hydrogen-bond acceptors (Lipinski definition) is 3. The summed E-state index contributed by atoms with van der Waals surface area (Å²) in [6, 6.07) is 3.86. The van der Waals surface area contributed by atoms with Crippen molar-refractivity contribution in [2.45, 2.75) is 33.4 Å². The van der Waals surface area contributed by atoms with Crippen LogP contribution in [0.5, 0.6) is 11.5 Å². The van der Waals surface area contributed by atoms with Crippen molar-refractivity contribution in [3.63, 3.8) is 0 Å². The van der Waals surface area contributed by atoms with Gasteiger partial charge in [-0.05, 0) is 38.5 Å². The van der Waals surface area contributed by atoms with E-state index in [9.17, 15) is 4.79 Å². The van der Waals surface area contributed by atoms with E-state index in [-0.39, 0.29) is 11.9 Å². The Morgan fingerprint density at radius 2 is 1.86 bits per heavy atom. The van der Waals surface area contributed by atoms with Crippen molar-refractivity contribution in [3.8, 4) is 11.5 Å². The fourth-order valence-electron chi connectivity index (χ4n) is 2.22. The van der Waals surface area contributed by atoms with E-state index in [0.29, 0.717) is 6.54 Å². The van der Waals surface area contributed by atoms with Crippen LogP contribution in [0.3, 0.4) is 0 Å². The van der Waals surface area contributed by atoms with Gasteiger partial charge in [0.15, 0.2) is 17.5 Å². The van der Waals surface area contributed by atoms with E-state index in [2.05, 4.69) is 5.32 Å². The molecule has 5 nitrogen and oxygen atoms in total. The van der Waals surface area contributed by atoms with Crippen LogP contribution in [0.2, 0.25) is 0 Å². The highest BCUT2D eigenvalue weighted by atomic mass is 16.5. The lowest BCUT2D eigenvalue weighted by Crippen LogP contribution is -3.12. The smallest absolute Gasteiger partial charge is 0.278 e. The summed E-state index contributed by atoms with van der Waals surface area (Å²) in [6.45, 7) is 7.33. The molecule has 0 saturated carbocycles. The van der Waals surface area contributed by atoms with Crippen molar-refractivity contribution < 1.29 is 19.2 Å². The summed E-state index contributed by atoms with van der Waals surface area (Å²) in [5.74, 6) is 1.53. The molecule has 1 unspecified atom stereocenters. The minimum absolute atomic E-state index is 0.0770. The molecule has 0 aliphatic carbocycles. The number of hydrogen-bond donors (Lipinski definition) is 2. The number of methoxy groups -OCH3 is 2. The standard InChI is InChI=1S/C16H26N2O3/c1-7-17-16(19)12(3)18(4)10-13-9-15(21-6)14(20-5)8-11(13)2/h8-9,12H,7,10H2,1-6H3,(H,17,19)/p+1/t12-/m0/s1. The lowest BCUT2D eigenvalue weighted by atomic mass is 10.1. The van der Waals surface area contributed by atoms with E-state index < -0.39 is 0 Å². The molecule has 0 aliphatic heterocycles. The lowest BCUT2D eigenvalue weighted by molar-refractivity contribution is -0.908. The molecular formula is C16H27N2O3+. The van der Waals surface area contributed by atoms with E-state index in [1.165, 1.54) is 0 Å². The predicted molar refractivity (Wildman–Crippen MR) is 83.0 cm³/mol. The first-order valence-electron chi connectivity index (χ1n) is 7.26. The van der Waals surface area contributed by atoms with Gasteiger partial charge in [0, 0.05) is 12.1 Å². The summed E-state index contributed by atoms with van der Waals surface area (Å²) in [5, 5.41) is 2.86. The number of aryl methyl sites for hydroxylation is 1. The van der Waals surface area contributed by atoms with Gasteiger partial charge in [0.2, 0.25) is 0 Å². The predicted octanol–water partition coefficient (Wildman–Crippen LogP) is 0.552. The van der Waals surface area contributed by atoms with Crippen LogP contribution in [0.1, 0.15) is 25.0 Å². The molecule has 0 bridgehead atoms. The number of carbonyl (C=O) groups excluding carboxylic acids is 1. The van der Waals surface area contributed by atoms with Gasteiger partial charge in [-0.15, -0.1) is 0 Å². The van der Waals surface area contributed by atoms with Crippen molar-refractivity contribution in [2.75, 3.05) is 27.8 Å². The highest BCUT2D eigenvalue weighted by molar-refractivity contribution is 5.79. The van der Waals surface area contributed by atoms with E-state index >= 15 is 0 Å². The second kappa shape index (κ2) is 7.88. The van der Waals surface area contributed by atoms with Gasteiger partial charge in [0.25, 0.3) is 5.91 Å². The molecule has 2 atom stereocenters. The highest BCUT2D eigenvalue weighted by Crippen LogP contribution is 2.29. The van der Waals surface area contributed by atoms with Gasteiger partial charge in [-0.2, -0.15) is 0 Å². The van der Waals surface area contributed by atoms with Crippen LogP contribution in [0.15, 0.2) is 12.1 Å². The summed E-state index contributed by atoms with van der Waals surface area (Å²) >= 11 is 0. The lowest BCUT2D eigenvalue weighted by Gasteiger charge is -2.22. The van der Waals surface area contributed by atoms with Gasteiger partial charge in [-0.3, -0.25) is 4.79 Å². The first-order valence-corrected chi connectivity index (χ1v) is 7.26. The number of amides is 1. The first kappa shape index (κ1) is 17.3. The second-order valence-electron chi connectivity index (χ2n) is 5.27. The third-order valence-corrected chi connectivity index (χ3v) is 3.79. The molecule has 1 aromatic rings. The Kier molecular flexibility index (Phi) is 6.49.